The molecular weight excluding hydrogens is 425 g/mol. The highest BCUT2D eigenvalue weighted by molar-refractivity contribution is 9.10. The highest BCUT2D eigenvalue weighted by atomic mass is 79.9. The number of rotatable bonds is 6. The molecule has 0 aromatic heterocycles. The third-order valence-corrected chi connectivity index (χ3v) is 5.24. The monoisotopic (exact) mass is 453 g/mol. The van der Waals surface area contributed by atoms with E-state index in [-0.39, 0.29) is 30.7 Å². The molecule has 1 saturated heterocycles. The van der Waals surface area contributed by atoms with E-state index in [0.717, 1.165) is 42.5 Å². The van der Waals surface area contributed by atoms with E-state index in [0.29, 0.717) is 5.92 Å². The number of carbonyl (C=O) groups excluding carboxylic acids is 1. The van der Waals surface area contributed by atoms with Gasteiger partial charge < -0.3 is 16.0 Å². The van der Waals surface area contributed by atoms with Gasteiger partial charge in [0.2, 0.25) is 5.91 Å². The lowest BCUT2D eigenvalue weighted by molar-refractivity contribution is -0.126. The van der Waals surface area contributed by atoms with E-state index in [1.165, 1.54) is 13.0 Å². The first-order chi connectivity index (χ1) is 10.9. The van der Waals surface area contributed by atoms with Gasteiger partial charge in [-0.1, -0.05) is 35.0 Å². The molecule has 7 heteroatoms. The van der Waals surface area contributed by atoms with E-state index in [2.05, 4.69) is 33.1 Å². The van der Waals surface area contributed by atoms with Gasteiger partial charge in [0.15, 0.2) is 0 Å². The normalized spacial score (nSPS) is 17.8. The fraction of sp³-hybridized carbons (Fsp3) is 0.611. The van der Waals surface area contributed by atoms with Crippen LogP contribution in [0.4, 0.5) is 0 Å². The Morgan fingerprint density at radius 2 is 1.84 bits per heavy atom. The number of amides is 1. The number of piperidine rings is 1. The molecule has 0 bridgehead atoms. The van der Waals surface area contributed by atoms with Crippen LogP contribution in [0, 0.1) is 5.92 Å². The van der Waals surface area contributed by atoms with Gasteiger partial charge in [0.05, 0.1) is 0 Å². The van der Waals surface area contributed by atoms with Crippen molar-refractivity contribution in [2.45, 2.75) is 38.6 Å². The number of halogens is 3. The summed E-state index contributed by atoms with van der Waals surface area (Å²) >= 11 is 3.40. The van der Waals surface area contributed by atoms with Gasteiger partial charge >= 0.3 is 0 Å². The zero-order valence-electron chi connectivity index (χ0n) is 15.0. The van der Waals surface area contributed by atoms with E-state index in [1.807, 2.05) is 24.3 Å². The molecule has 1 aliphatic heterocycles. The van der Waals surface area contributed by atoms with Crippen LogP contribution in [0.3, 0.4) is 0 Å². The Morgan fingerprint density at radius 3 is 2.36 bits per heavy atom. The van der Waals surface area contributed by atoms with Gasteiger partial charge in [0, 0.05) is 11.0 Å². The molecule has 1 fully saturated rings. The van der Waals surface area contributed by atoms with Crippen LogP contribution >= 0.6 is 40.7 Å². The minimum atomic E-state index is -0.996. The van der Waals surface area contributed by atoms with Crippen LogP contribution in [-0.2, 0) is 10.3 Å². The van der Waals surface area contributed by atoms with Gasteiger partial charge in [0.25, 0.3) is 0 Å². The first-order valence-electron chi connectivity index (χ1n) is 8.49. The van der Waals surface area contributed by atoms with Crippen molar-refractivity contribution < 1.29 is 4.79 Å². The van der Waals surface area contributed by atoms with Crippen molar-refractivity contribution in [2.75, 3.05) is 26.2 Å². The zero-order chi connectivity index (χ0) is 16.9. The Bertz CT molecular complexity index is 518. The molecule has 0 saturated carbocycles. The highest BCUT2D eigenvalue weighted by Crippen LogP contribution is 2.21. The van der Waals surface area contributed by atoms with Crippen LogP contribution < -0.4 is 11.1 Å². The number of hydrogen-bond acceptors (Lipinski definition) is 3. The minimum Gasteiger partial charge on any atom is -0.354 e. The second kappa shape index (κ2) is 11.4. The molecule has 0 radical (unpaired) electrons. The molecule has 1 aliphatic rings. The number of nitrogens with two attached hydrogens (primary N) is 1. The van der Waals surface area contributed by atoms with Crippen LogP contribution in [0.25, 0.3) is 0 Å². The molecule has 1 unspecified atom stereocenters. The average Bonchev–Trinajstić information content (AvgIpc) is 2.54. The van der Waals surface area contributed by atoms with Crippen LogP contribution in [0.15, 0.2) is 28.7 Å². The topological polar surface area (TPSA) is 58.4 Å². The third-order valence-electron chi connectivity index (χ3n) is 4.71. The number of benzene rings is 1. The van der Waals surface area contributed by atoms with Crippen molar-refractivity contribution in [2.24, 2.45) is 11.7 Å². The second-order valence-electron chi connectivity index (χ2n) is 6.70. The van der Waals surface area contributed by atoms with Gasteiger partial charge in [-0.05, 0) is 69.4 Å². The van der Waals surface area contributed by atoms with Crippen LogP contribution in [0.1, 0.15) is 38.7 Å². The highest BCUT2D eigenvalue weighted by Gasteiger charge is 2.31. The van der Waals surface area contributed by atoms with E-state index in [9.17, 15) is 4.79 Å². The van der Waals surface area contributed by atoms with Gasteiger partial charge in [-0.2, -0.15) is 0 Å². The fourth-order valence-corrected chi connectivity index (χ4v) is 3.34. The van der Waals surface area contributed by atoms with Crippen LogP contribution in [-0.4, -0.2) is 37.0 Å². The Labute approximate surface area is 172 Å². The van der Waals surface area contributed by atoms with E-state index < -0.39 is 5.54 Å². The molecular formula is C18H30BrCl2N3O. The largest absolute Gasteiger partial charge is 0.354 e. The maximum atomic E-state index is 12.5. The smallest absolute Gasteiger partial charge is 0.244 e. The predicted octanol–water partition coefficient (Wildman–Crippen LogP) is 3.70. The molecule has 0 spiro atoms. The maximum Gasteiger partial charge on any atom is 0.244 e. The van der Waals surface area contributed by atoms with Gasteiger partial charge in [-0.25, -0.2) is 0 Å². The molecule has 2 rings (SSSR count). The molecule has 25 heavy (non-hydrogen) atoms. The van der Waals surface area contributed by atoms with Gasteiger partial charge in [0.1, 0.15) is 5.54 Å². The summed E-state index contributed by atoms with van der Waals surface area (Å²) in [6.45, 7) is 8.18. The summed E-state index contributed by atoms with van der Waals surface area (Å²) < 4.78 is 0.983. The average molecular weight is 455 g/mol. The third kappa shape index (κ3) is 7.06. The predicted molar refractivity (Wildman–Crippen MR) is 113 cm³/mol. The first-order valence-corrected chi connectivity index (χ1v) is 9.28. The summed E-state index contributed by atoms with van der Waals surface area (Å²) in [6, 6.07) is 7.62. The molecule has 0 aliphatic carbocycles. The van der Waals surface area contributed by atoms with Crippen LogP contribution in [0.2, 0.25) is 0 Å². The Balaban J connectivity index is 0.00000288. The lowest BCUT2D eigenvalue weighted by atomic mass is 9.91. The SMILES string of the molecule is CCCN1CCC(CNC(=O)C(C)(N)c2ccc(Br)cc2)CC1.Cl.Cl. The molecule has 1 aromatic carbocycles. The van der Waals surface area contributed by atoms with Crippen molar-refractivity contribution in [1.82, 2.24) is 10.2 Å². The first kappa shape index (κ1) is 24.7. The number of likely N-dealkylation sites (tertiary alicyclic amines) is 1. The number of carbonyl (C=O) groups is 1. The Kier molecular flexibility index (Phi) is 11.2. The Morgan fingerprint density at radius 1 is 1.28 bits per heavy atom. The van der Waals surface area contributed by atoms with E-state index in [4.69, 9.17) is 5.73 Å². The molecule has 1 heterocycles. The fourth-order valence-electron chi connectivity index (χ4n) is 3.08. The lowest BCUT2D eigenvalue weighted by Gasteiger charge is -2.32. The van der Waals surface area contributed by atoms with Crippen molar-refractivity contribution >= 4 is 46.7 Å². The van der Waals surface area contributed by atoms with Gasteiger partial charge in [-0.3, -0.25) is 4.79 Å². The van der Waals surface area contributed by atoms with Crippen LogP contribution in [0.5, 0.6) is 0 Å². The maximum absolute atomic E-state index is 12.5. The summed E-state index contributed by atoms with van der Waals surface area (Å²) in [5, 5.41) is 3.06. The number of nitrogens with zero attached hydrogens (tertiary/aromatic N) is 1. The molecule has 1 aromatic rings. The van der Waals surface area contributed by atoms with Crippen molar-refractivity contribution in [3.63, 3.8) is 0 Å². The second-order valence-corrected chi connectivity index (χ2v) is 7.62. The van der Waals surface area contributed by atoms with Gasteiger partial charge in [-0.15, -0.1) is 24.8 Å². The molecule has 1 amide bonds. The summed E-state index contributed by atoms with van der Waals surface area (Å²) in [6.07, 6.45) is 3.51. The summed E-state index contributed by atoms with van der Waals surface area (Å²) in [5.41, 5.74) is 6.11. The Hall–Kier alpha value is -0.330. The number of hydrogen-bond donors (Lipinski definition) is 2. The lowest BCUT2D eigenvalue weighted by Crippen LogP contribution is -2.50. The molecule has 1 atom stereocenters. The van der Waals surface area contributed by atoms with E-state index >= 15 is 0 Å². The summed E-state index contributed by atoms with van der Waals surface area (Å²) in [5.74, 6) is 0.462. The summed E-state index contributed by atoms with van der Waals surface area (Å²) in [7, 11) is 0. The summed E-state index contributed by atoms with van der Waals surface area (Å²) in [4.78, 5) is 15.0. The quantitative estimate of drug-likeness (QED) is 0.688. The van der Waals surface area contributed by atoms with E-state index in [1.54, 1.807) is 6.92 Å². The molecule has 144 valence electrons. The minimum absolute atomic E-state index is 0. The van der Waals surface area contributed by atoms with Crippen molar-refractivity contribution in [3.05, 3.63) is 34.3 Å². The number of nitrogens with one attached hydrogen (secondary N) is 1. The molecule has 4 nitrogen and oxygen atoms in total. The molecule has 3 N–H and O–H groups in total. The standard InChI is InChI=1S/C18H28BrN3O.2ClH/c1-3-10-22-11-8-14(9-12-22)13-21-17(23)18(2,20)15-4-6-16(19)7-5-15;;/h4-7,14H,3,8-13,20H2,1-2H3,(H,21,23);2*1H. The zero-order valence-corrected chi connectivity index (χ0v) is 18.2. The van der Waals surface area contributed by atoms with Crippen molar-refractivity contribution in [1.29, 1.82) is 0 Å². The van der Waals surface area contributed by atoms with Crippen molar-refractivity contribution in [3.8, 4) is 0 Å².